The molecule has 0 bridgehead atoms. The molecule has 8 heteroatoms. The minimum Gasteiger partial charge on any atom is -0.392 e. The molecule has 0 saturated carbocycles. The average Bonchev–Trinajstić information content (AvgIpc) is 2.99. The van der Waals surface area contributed by atoms with Crippen LogP contribution in [0.15, 0.2) is 42.3 Å². The Hall–Kier alpha value is -3.13. The number of anilines is 2. The molecule has 3 rings (SSSR count). The van der Waals surface area contributed by atoms with Gasteiger partial charge in [-0.1, -0.05) is 6.58 Å². The molecule has 0 atom stereocenters. The van der Waals surface area contributed by atoms with Crippen LogP contribution in [0.25, 0.3) is 11.2 Å². The van der Waals surface area contributed by atoms with Crippen molar-refractivity contribution < 1.29 is 9.50 Å². The molecule has 0 unspecified atom stereocenters. The molecule has 0 aromatic carbocycles. The highest BCUT2D eigenvalue weighted by molar-refractivity contribution is 5.85. The summed E-state index contributed by atoms with van der Waals surface area (Å²) >= 11 is 0. The molecule has 3 aromatic rings. The topological polar surface area (TPSA) is 87.7 Å². The van der Waals surface area contributed by atoms with E-state index in [0.717, 1.165) is 11.9 Å². The molecule has 0 saturated heterocycles. The highest BCUT2D eigenvalue weighted by Crippen LogP contribution is 2.26. The van der Waals surface area contributed by atoms with Gasteiger partial charge >= 0.3 is 0 Å². The molecule has 128 valence electrons. The second kappa shape index (κ2) is 6.78. The summed E-state index contributed by atoms with van der Waals surface area (Å²) in [5.41, 5.74) is 2.58. The highest BCUT2D eigenvalue weighted by Gasteiger charge is 2.15. The van der Waals surface area contributed by atoms with Gasteiger partial charge in [0, 0.05) is 23.7 Å². The predicted molar refractivity (Wildman–Crippen MR) is 94.2 cm³/mol. The summed E-state index contributed by atoms with van der Waals surface area (Å²) in [4.78, 5) is 12.4. The number of aliphatic hydroxyl groups is 1. The normalized spacial score (nSPS) is 10.7. The van der Waals surface area contributed by atoms with Gasteiger partial charge in [-0.25, -0.2) is 13.9 Å². The van der Waals surface area contributed by atoms with E-state index in [9.17, 15) is 9.50 Å². The van der Waals surface area contributed by atoms with E-state index in [1.807, 2.05) is 13.8 Å². The molecule has 0 amide bonds. The Balaban J connectivity index is 2.16. The third-order valence-corrected chi connectivity index (χ3v) is 3.41. The molecular weight excluding hydrogens is 323 g/mol. The Labute approximate surface area is 143 Å². The first-order valence-electron chi connectivity index (χ1n) is 7.56. The Kier molecular flexibility index (Phi) is 4.53. The van der Waals surface area contributed by atoms with E-state index in [4.69, 9.17) is 0 Å². The lowest BCUT2D eigenvalue weighted by atomic mass is 10.3. The molecule has 3 heterocycles. The van der Waals surface area contributed by atoms with Gasteiger partial charge in [-0.3, -0.25) is 9.98 Å². The van der Waals surface area contributed by atoms with E-state index >= 15 is 0 Å². The van der Waals surface area contributed by atoms with Crippen LogP contribution in [-0.4, -0.2) is 30.4 Å². The number of halogens is 1. The number of aliphatic imine (C=N–C) groups is 1. The summed E-state index contributed by atoms with van der Waals surface area (Å²) in [6, 6.07) is 3.22. The molecule has 7 nitrogen and oxygen atoms in total. The Bertz CT molecular complexity index is 974. The standard InChI is InChI=1S/C17H17FN6O/c1-10(2)20-11(3)16-22-17(21-14-4-6-19-8-13(14)18)15-12(9-25)5-7-24(15)23-16/h4-8,25H,3,9H2,1-2H3,(H,19,21,22,23). The maximum atomic E-state index is 14.0. The van der Waals surface area contributed by atoms with Crippen LogP contribution < -0.4 is 5.32 Å². The first-order valence-corrected chi connectivity index (χ1v) is 7.56. The molecule has 0 aliphatic heterocycles. The minimum absolute atomic E-state index is 0.195. The third kappa shape index (κ3) is 3.38. The van der Waals surface area contributed by atoms with Crippen molar-refractivity contribution in [2.24, 2.45) is 4.99 Å². The van der Waals surface area contributed by atoms with Crippen molar-refractivity contribution in [3.8, 4) is 0 Å². The number of nitrogens with zero attached hydrogens (tertiary/aromatic N) is 5. The number of aliphatic hydroxyl groups excluding tert-OH is 1. The van der Waals surface area contributed by atoms with E-state index < -0.39 is 5.82 Å². The van der Waals surface area contributed by atoms with Gasteiger partial charge in [0.2, 0.25) is 0 Å². The number of aromatic nitrogens is 4. The van der Waals surface area contributed by atoms with Gasteiger partial charge < -0.3 is 10.4 Å². The Morgan fingerprint density at radius 1 is 1.40 bits per heavy atom. The summed E-state index contributed by atoms with van der Waals surface area (Å²) < 4.78 is 15.5. The minimum atomic E-state index is -0.515. The molecular formula is C17H17FN6O. The van der Waals surface area contributed by atoms with Crippen LogP contribution in [0.4, 0.5) is 15.9 Å². The van der Waals surface area contributed by atoms with Crippen LogP contribution in [-0.2, 0) is 6.61 Å². The summed E-state index contributed by atoms with van der Waals surface area (Å²) in [6.45, 7) is 7.37. The third-order valence-electron chi connectivity index (χ3n) is 3.41. The second-order valence-corrected chi connectivity index (χ2v) is 5.56. The second-order valence-electron chi connectivity index (χ2n) is 5.56. The van der Waals surface area contributed by atoms with Crippen LogP contribution in [0.3, 0.4) is 0 Å². The summed E-state index contributed by atoms with van der Waals surface area (Å²) in [7, 11) is 0. The zero-order chi connectivity index (χ0) is 18.0. The monoisotopic (exact) mass is 340 g/mol. The van der Waals surface area contributed by atoms with Gasteiger partial charge in [0.05, 0.1) is 18.5 Å². The molecule has 3 aromatic heterocycles. The summed E-state index contributed by atoms with van der Waals surface area (Å²) in [5.74, 6) is 0.124. The van der Waals surface area contributed by atoms with E-state index in [1.165, 1.54) is 12.3 Å². The van der Waals surface area contributed by atoms with Crippen LogP contribution in [0.5, 0.6) is 0 Å². The van der Waals surface area contributed by atoms with Crippen molar-refractivity contribution in [1.29, 1.82) is 0 Å². The van der Waals surface area contributed by atoms with Crippen LogP contribution >= 0.6 is 0 Å². The lowest BCUT2D eigenvalue weighted by molar-refractivity contribution is 0.283. The van der Waals surface area contributed by atoms with Gasteiger partial charge in [0.15, 0.2) is 17.5 Å². The lowest BCUT2D eigenvalue weighted by Gasteiger charge is -2.11. The molecule has 25 heavy (non-hydrogen) atoms. The maximum absolute atomic E-state index is 14.0. The van der Waals surface area contributed by atoms with Crippen molar-refractivity contribution in [3.63, 3.8) is 0 Å². The number of rotatable bonds is 5. The van der Waals surface area contributed by atoms with Gasteiger partial charge in [-0.2, -0.15) is 0 Å². The van der Waals surface area contributed by atoms with Gasteiger partial charge in [0.25, 0.3) is 0 Å². The van der Waals surface area contributed by atoms with E-state index in [2.05, 4.69) is 32.0 Å². The van der Waals surface area contributed by atoms with Crippen molar-refractivity contribution in [1.82, 2.24) is 19.6 Å². The van der Waals surface area contributed by atoms with Crippen molar-refractivity contribution in [2.75, 3.05) is 5.32 Å². The van der Waals surface area contributed by atoms with E-state index in [-0.39, 0.29) is 12.3 Å². The van der Waals surface area contributed by atoms with Gasteiger partial charge in [0.1, 0.15) is 11.2 Å². The quantitative estimate of drug-likeness (QED) is 0.697. The van der Waals surface area contributed by atoms with Crippen LogP contribution in [0, 0.1) is 5.82 Å². The first kappa shape index (κ1) is 16.7. The fourth-order valence-corrected chi connectivity index (χ4v) is 2.35. The van der Waals surface area contributed by atoms with E-state index in [0.29, 0.717) is 28.4 Å². The largest absolute Gasteiger partial charge is 0.392 e. The van der Waals surface area contributed by atoms with Crippen LogP contribution in [0.2, 0.25) is 0 Å². The zero-order valence-corrected chi connectivity index (χ0v) is 13.9. The predicted octanol–water partition coefficient (Wildman–Crippen LogP) is 2.95. The smallest absolute Gasteiger partial charge is 0.200 e. The number of fused-ring (bicyclic) bond motifs is 1. The molecule has 0 aliphatic rings. The summed E-state index contributed by atoms with van der Waals surface area (Å²) in [6.07, 6.45) is 4.27. The Morgan fingerprint density at radius 2 is 2.20 bits per heavy atom. The maximum Gasteiger partial charge on any atom is 0.200 e. The average molecular weight is 340 g/mol. The van der Waals surface area contributed by atoms with E-state index in [1.54, 1.807) is 16.8 Å². The molecule has 0 radical (unpaired) electrons. The number of hydrogen-bond acceptors (Lipinski definition) is 6. The molecule has 0 aliphatic carbocycles. The fraction of sp³-hybridized carbons (Fsp3) is 0.176. The van der Waals surface area contributed by atoms with Crippen molar-refractivity contribution >= 4 is 28.4 Å². The number of pyridine rings is 1. The molecule has 2 N–H and O–H groups in total. The van der Waals surface area contributed by atoms with Crippen LogP contribution in [0.1, 0.15) is 25.2 Å². The van der Waals surface area contributed by atoms with Crippen molar-refractivity contribution in [2.45, 2.75) is 20.5 Å². The number of hydrogen-bond donors (Lipinski definition) is 2. The first-order chi connectivity index (χ1) is 12.0. The fourth-order valence-electron chi connectivity index (χ4n) is 2.35. The highest BCUT2D eigenvalue weighted by atomic mass is 19.1. The summed E-state index contributed by atoms with van der Waals surface area (Å²) in [5, 5.41) is 16.8. The zero-order valence-electron chi connectivity index (χ0n) is 13.9. The number of nitrogens with one attached hydrogen (secondary N) is 1. The molecule has 0 spiro atoms. The lowest BCUT2D eigenvalue weighted by Crippen LogP contribution is -2.07. The Morgan fingerprint density at radius 3 is 2.88 bits per heavy atom. The van der Waals surface area contributed by atoms with Gasteiger partial charge in [-0.05, 0) is 26.0 Å². The van der Waals surface area contributed by atoms with Crippen molar-refractivity contribution in [3.05, 3.63) is 54.5 Å². The van der Waals surface area contributed by atoms with Gasteiger partial charge in [-0.15, -0.1) is 5.10 Å². The molecule has 0 fully saturated rings. The SMILES string of the molecule is C=C(N=C(C)C)c1nc(Nc2ccncc2F)c2c(CO)ccn2n1.